The lowest BCUT2D eigenvalue weighted by Crippen LogP contribution is -2.31. The molecule has 92 valence electrons. The molecule has 0 fully saturated rings. The minimum absolute atomic E-state index is 0.458. The second-order valence-corrected chi connectivity index (χ2v) is 3.68. The number of rotatable bonds is 7. The predicted molar refractivity (Wildman–Crippen MR) is 59.1 cm³/mol. The van der Waals surface area contributed by atoms with E-state index in [1.165, 1.54) is 6.39 Å². The van der Waals surface area contributed by atoms with Crippen LogP contribution in [0.2, 0.25) is 0 Å². The highest BCUT2D eigenvalue weighted by atomic mass is 16.5. The van der Waals surface area contributed by atoms with E-state index < -0.39 is 6.10 Å². The topological polar surface area (TPSA) is 89.0 Å². The average molecular weight is 237 g/mol. The zero-order valence-electron chi connectivity index (χ0n) is 9.36. The Kier molecular flexibility index (Phi) is 4.23. The molecule has 0 saturated carbocycles. The van der Waals surface area contributed by atoms with Crippen LogP contribution in [-0.4, -0.2) is 44.2 Å². The Balaban J connectivity index is 1.58. The maximum atomic E-state index is 9.71. The number of aromatic nitrogens is 4. The quantitative estimate of drug-likeness (QED) is 0.629. The minimum Gasteiger partial charge on any atom is -0.390 e. The summed E-state index contributed by atoms with van der Waals surface area (Å²) in [6.07, 6.45) is 5.05. The Labute approximate surface area is 98.4 Å². The minimum atomic E-state index is -0.458. The standard InChI is InChI=1S/C10H15N5O2/c16-9(7-15-5-1-3-13-15)6-11-4-2-10-12-8-17-14-10/h1,3,5,8-9,11,16H,2,4,6-7H2. The van der Waals surface area contributed by atoms with E-state index in [9.17, 15) is 5.11 Å². The normalized spacial score (nSPS) is 12.8. The van der Waals surface area contributed by atoms with Crippen LogP contribution >= 0.6 is 0 Å². The van der Waals surface area contributed by atoms with Crippen LogP contribution in [0.15, 0.2) is 29.4 Å². The lowest BCUT2D eigenvalue weighted by Gasteiger charge is -2.11. The molecule has 2 rings (SSSR count). The number of hydrogen-bond acceptors (Lipinski definition) is 6. The Morgan fingerprint density at radius 2 is 2.47 bits per heavy atom. The molecule has 0 aliphatic rings. The molecule has 0 radical (unpaired) electrons. The molecule has 0 spiro atoms. The van der Waals surface area contributed by atoms with Crippen LogP contribution in [0.4, 0.5) is 0 Å². The average Bonchev–Trinajstić information content (AvgIpc) is 2.96. The lowest BCUT2D eigenvalue weighted by atomic mass is 10.3. The van der Waals surface area contributed by atoms with E-state index in [-0.39, 0.29) is 0 Å². The van der Waals surface area contributed by atoms with Crippen molar-refractivity contribution in [2.24, 2.45) is 0 Å². The summed E-state index contributed by atoms with van der Waals surface area (Å²) in [6.45, 7) is 1.70. The molecule has 1 atom stereocenters. The van der Waals surface area contributed by atoms with Crippen LogP contribution in [0.1, 0.15) is 5.82 Å². The van der Waals surface area contributed by atoms with Gasteiger partial charge in [-0.1, -0.05) is 5.16 Å². The molecular formula is C10H15N5O2. The molecule has 2 heterocycles. The smallest absolute Gasteiger partial charge is 0.213 e. The van der Waals surface area contributed by atoms with E-state index in [2.05, 4.69) is 25.1 Å². The second-order valence-electron chi connectivity index (χ2n) is 3.68. The summed E-state index contributed by atoms with van der Waals surface area (Å²) < 4.78 is 6.31. The van der Waals surface area contributed by atoms with Gasteiger partial charge < -0.3 is 14.9 Å². The summed E-state index contributed by atoms with van der Waals surface area (Å²) in [7, 11) is 0. The van der Waals surface area contributed by atoms with Crippen molar-refractivity contribution in [2.45, 2.75) is 19.1 Å². The highest BCUT2D eigenvalue weighted by Crippen LogP contribution is 1.91. The molecule has 2 aromatic rings. The van der Waals surface area contributed by atoms with Crippen molar-refractivity contribution in [3.8, 4) is 0 Å². The zero-order chi connectivity index (χ0) is 11.9. The van der Waals surface area contributed by atoms with Gasteiger partial charge in [0.15, 0.2) is 5.82 Å². The van der Waals surface area contributed by atoms with Crippen molar-refractivity contribution in [3.05, 3.63) is 30.7 Å². The van der Waals surface area contributed by atoms with Gasteiger partial charge in [-0.3, -0.25) is 4.68 Å². The van der Waals surface area contributed by atoms with Gasteiger partial charge >= 0.3 is 0 Å². The Morgan fingerprint density at radius 3 is 3.18 bits per heavy atom. The van der Waals surface area contributed by atoms with Crippen molar-refractivity contribution in [2.75, 3.05) is 13.1 Å². The number of aliphatic hydroxyl groups excluding tert-OH is 1. The van der Waals surface area contributed by atoms with Crippen molar-refractivity contribution >= 4 is 0 Å². The fraction of sp³-hybridized carbons (Fsp3) is 0.500. The van der Waals surface area contributed by atoms with E-state index in [1.807, 2.05) is 12.3 Å². The Hall–Kier alpha value is -1.73. The molecule has 0 amide bonds. The van der Waals surface area contributed by atoms with Gasteiger partial charge in [-0.05, 0) is 6.07 Å². The van der Waals surface area contributed by atoms with Gasteiger partial charge in [0.25, 0.3) is 0 Å². The first-order valence-corrected chi connectivity index (χ1v) is 5.46. The zero-order valence-corrected chi connectivity index (χ0v) is 9.36. The number of nitrogens with one attached hydrogen (secondary N) is 1. The molecule has 2 aromatic heterocycles. The molecular weight excluding hydrogens is 222 g/mol. The third-order valence-corrected chi connectivity index (χ3v) is 2.27. The first-order valence-electron chi connectivity index (χ1n) is 5.46. The Morgan fingerprint density at radius 1 is 1.53 bits per heavy atom. The van der Waals surface area contributed by atoms with Crippen LogP contribution in [0.25, 0.3) is 0 Å². The van der Waals surface area contributed by atoms with Crippen molar-refractivity contribution in [3.63, 3.8) is 0 Å². The van der Waals surface area contributed by atoms with Crippen molar-refractivity contribution < 1.29 is 9.63 Å². The largest absolute Gasteiger partial charge is 0.390 e. The molecule has 0 aromatic carbocycles. The third kappa shape index (κ3) is 3.97. The Bertz CT molecular complexity index is 400. The van der Waals surface area contributed by atoms with Crippen molar-refractivity contribution in [1.82, 2.24) is 25.2 Å². The van der Waals surface area contributed by atoms with Crippen LogP contribution in [-0.2, 0) is 13.0 Å². The molecule has 7 nitrogen and oxygen atoms in total. The molecule has 0 aliphatic heterocycles. The van der Waals surface area contributed by atoms with Crippen LogP contribution in [0.3, 0.4) is 0 Å². The lowest BCUT2D eigenvalue weighted by molar-refractivity contribution is 0.147. The number of hydrogen-bond donors (Lipinski definition) is 2. The van der Waals surface area contributed by atoms with Gasteiger partial charge in [0.1, 0.15) is 0 Å². The summed E-state index contributed by atoms with van der Waals surface area (Å²) >= 11 is 0. The maximum Gasteiger partial charge on any atom is 0.213 e. The third-order valence-electron chi connectivity index (χ3n) is 2.27. The summed E-state index contributed by atoms with van der Waals surface area (Å²) in [4.78, 5) is 3.90. The fourth-order valence-corrected chi connectivity index (χ4v) is 1.46. The van der Waals surface area contributed by atoms with E-state index in [0.717, 1.165) is 0 Å². The first kappa shape index (κ1) is 11.7. The molecule has 7 heteroatoms. The van der Waals surface area contributed by atoms with E-state index >= 15 is 0 Å². The van der Waals surface area contributed by atoms with Gasteiger partial charge in [-0.2, -0.15) is 10.1 Å². The summed E-state index contributed by atoms with van der Waals surface area (Å²) in [5, 5.41) is 20.5. The molecule has 17 heavy (non-hydrogen) atoms. The predicted octanol–water partition coefficient (Wildman–Crippen LogP) is -0.541. The molecule has 0 saturated heterocycles. The van der Waals surface area contributed by atoms with Crippen LogP contribution in [0, 0.1) is 0 Å². The fourth-order valence-electron chi connectivity index (χ4n) is 1.46. The maximum absolute atomic E-state index is 9.71. The molecule has 0 bridgehead atoms. The number of aliphatic hydroxyl groups is 1. The van der Waals surface area contributed by atoms with Crippen molar-refractivity contribution in [1.29, 1.82) is 0 Å². The van der Waals surface area contributed by atoms with Gasteiger partial charge in [0.05, 0.1) is 12.6 Å². The second kappa shape index (κ2) is 6.12. The molecule has 2 N–H and O–H groups in total. The van der Waals surface area contributed by atoms with E-state index in [4.69, 9.17) is 0 Å². The first-order chi connectivity index (χ1) is 8.34. The SMILES string of the molecule is OC(CNCCc1ncon1)Cn1cccn1. The highest BCUT2D eigenvalue weighted by molar-refractivity contribution is 4.80. The van der Waals surface area contributed by atoms with Gasteiger partial charge in [-0.25, -0.2) is 0 Å². The van der Waals surface area contributed by atoms with Gasteiger partial charge in [0.2, 0.25) is 6.39 Å². The molecule has 1 unspecified atom stereocenters. The monoisotopic (exact) mass is 237 g/mol. The number of nitrogens with zero attached hydrogens (tertiary/aromatic N) is 4. The van der Waals surface area contributed by atoms with Crippen LogP contribution < -0.4 is 5.32 Å². The van der Waals surface area contributed by atoms with Crippen LogP contribution in [0.5, 0.6) is 0 Å². The molecule has 0 aliphatic carbocycles. The summed E-state index contributed by atoms with van der Waals surface area (Å²) in [5.74, 6) is 0.666. The van der Waals surface area contributed by atoms with E-state index in [0.29, 0.717) is 31.9 Å². The van der Waals surface area contributed by atoms with Gasteiger partial charge in [0, 0.05) is 31.9 Å². The highest BCUT2D eigenvalue weighted by Gasteiger charge is 2.05. The van der Waals surface area contributed by atoms with E-state index in [1.54, 1.807) is 10.9 Å². The summed E-state index contributed by atoms with van der Waals surface area (Å²) in [5.41, 5.74) is 0. The summed E-state index contributed by atoms with van der Waals surface area (Å²) in [6, 6.07) is 1.83. The van der Waals surface area contributed by atoms with Gasteiger partial charge in [-0.15, -0.1) is 0 Å².